The molecule has 0 aromatic carbocycles. The highest BCUT2D eigenvalue weighted by molar-refractivity contribution is 7.14. The molecule has 1 aromatic rings. The van der Waals surface area contributed by atoms with Crippen molar-refractivity contribution in [2.45, 2.75) is 91.2 Å². The molecule has 8 heteroatoms. The molecule has 1 saturated carbocycles. The predicted molar refractivity (Wildman–Crippen MR) is 139 cm³/mol. The second-order valence-electron chi connectivity index (χ2n) is 11.1. The van der Waals surface area contributed by atoms with Crippen LogP contribution in [0.2, 0.25) is 0 Å². The van der Waals surface area contributed by atoms with Crippen molar-refractivity contribution in [1.82, 2.24) is 4.90 Å². The van der Waals surface area contributed by atoms with E-state index in [4.69, 9.17) is 9.47 Å². The van der Waals surface area contributed by atoms with Gasteiger partial charge in [-0.1, -0.05) is 34.6 Å². The van der Waals surface area contributed by atoms with Crippen LogP contribution in [0.25, 0.3) is 0 Å². The number of esters is 1. The number of thiophene rings is 1. The lowest BCUT2D eigenvalue weighted by molar-refractivity contribution is -0.141. The summed E-state index contributed by atoms with van der Waals surface area (Å²) >= 11 is 1.35. The lowest BCUT2D eigenvalue weighted by Crippen LogP contribution is -2.56. The lowest BCUT2D eigenvalue weighted by atomic mass is 9.82. The fourth-order valence-electron chi connectivity index (χ4n) is 5.01. The molecule has 0 spiro atoms. The van der Waals surface area contributed by atoms with E-state index in [2.05, 4.69) is 27.7 Å². The quantitative estimate of drug-likeness (QED) is 0.507. The van der Waals surface area contributed by atoms with Crippen molar-refractivity contribution in [2.24, 2.45) is 11.8 Å². The number of carbonyl (C=O) groups is 3. The van der Waals surface area contributed by atoms with Gasteiger partial charge < -0.3 is 14.4 Å². The molecule has 1 aliphatic carbocycles. The average Bonchev–Trinajstić information content (AvgIpc) is 3.27. The lowest BCUT2D eigenvalue weighted by Gasteiger charge is -2.39. The average molecular weight is 507 g/mol. The minimum Gasteiger partial charge on any atom is -0.465 e. The third-order valence-electron chi connectivity index (χ3n) is 7.22. The summed E-state index contributed by atoms with van der Waals surface area (Å²) in [6.45, 7) is 13.8. The Bertz CT molecular complexity index is 913. The first-order chi connectivity index (χ1) is 16.5. The van der Waals surface area contributed by atoms with Crippen LogP contribution < -0.4 is 4.90 Å². The SMILES string of the molecule is CC[C@@H](C(=O)N1CCOC(C)C1)N(C(=O)C1CCC(C)CC1)c1cc(C(C)(C)C)sc1C(=O)OC. The Hall–Kier alpha value is -1.93. The van der Waals surface area contributed by atoms with Gasteiger partial charge in [-0.25, -0.2) is 4.79 Å². The van der Waals surface area contributed by atoms with Gasteiger partial charge in [0.05, 0.1) is 25.5 Å². The number of nitrogens with zero attached hydrogens (tertiary/aromatic N) is 2. The Morgan fingerprint density at radius 3 is 2.40 bits per heavy atom. The predicted octanol–water partition coefficient (Wildman–Crippen LogP) is 5.02. The maximum absolute atomic E-state index is 14.2. The van der Waals surface area contributed by atoms with Crippen LogP contribution in [0, 0.1) is 11.8 Å². The van der Waals surface area contributed by atoms with Crippen molar-refractivity contribution >= 4 is 34.8 Å². The number of morpholine rings is 1. The van der Waals surface area contributed by atoms with Crippen molar-refractivity contribution in [1.29, 1.82) is 0 Å². The molecular formula is C27H42N2O5S. The first kappa shape index (κ1) is 27.7. The summed E-state index contributed by atoms with van der Waals surface area (Å²) in [5, 5.41) is 0. The Kier molecular flexibility index (Phi) is 9.02. The fraction of sp³-hybridized carbons (Fsp3) is 0.741. The summed E-state index contributed by atoms with van der Waals surface area (Å²) in [5.74, 6) is -0.162. The molecule has 2 atom stereocenters. The smallest absolute Gasteiger partial charge is 0.350 e. The highest BCUT2D eigenvalue weighted by Gasteiger charge is 2.40. The summed E-state index contributed by atoms with van der Waals surface area (Å²) < 4.78 is 10.8. The minimum atomic E-state index is -0.682. The normalized spacial score (nSPS) is 24.1. The molecule has 1 unspecified atom stereocenters. The van der Waals surface area contributed by atoms with Crippen LogP contribution in [0.15, 0.2) is 6.07 Å². The highest BCUT2D eigenvalue weighted by Crippen LogP contribution is 2.41. The number of methoxy groups -OCH3 is 1. The Morgan fingerprint density at radius 1 is 1.20 bits per heavy atom. The molecule has 0 bridgehead atoms. The van der Waals surface area contributed by atoms with Crippen molar-refractivity contribution in [2.75, 3.05) is 31.7 Å². The van der Waals surface area contributed by atoms with Gasteiger partial charge in [-0.3, -0.25) is 14.5 Å². The van der Waals surface area contributed by atoms with Gasteiger partial charge in [0.15, 0.2) is 0 Å². The van der Waals surface area contributed by atoms with E-state index >= 15 is 0 Å². The molecule has 35 heavy (non-hydrogen) atoms. The molecule has 1 aromatic heterocycles. The first-order valence-corrected chi connectivity index (χ1v) is 13.8. The number of anilines is 1. The molecule has 1 saturated heterocycles. The van der Waals surface area contributed by atoms with Gasteiger partial charge in [-0.15, -0.1) is 11.3 Å². The number of hydrogen-bond acceptors (Lipinski definition) is 6. The van der Waals surface area contributed by atoms with Crippen molar-refractivity contribution in [3.05, 3.63) is 15.8 Å². The van der Waals surface area contributed by atoms with Gasteiger partial charge in [0.1, 0.15) is 10.9 Å². The summed E-state index contributed by atoms with van der Waals surface area (Å²) in [7, 11) is 1.36. The van der Waals surface area contributed by atoms with Crippen molar-refractivity contribution in [3.63, 3.8) is 0 Å². The maximum Gasteiger partial charge on any atom is 0.350 e. The monoisotopic (exact) mass is 506 g/mol. The van der Waals surface area contributed by atoms with E-state index in [1.165, 1.54) is 18.4 Å². The molecule has 196 valence electrons. The molecule has 2 fully saturated rings. The molecule has 7 nitrogen and oxygen atoms in total. The summed E-state index contributed by atoms with van der Waals surface area (Å²) in [6, 6.07) is 1.25. The highest BCUT2D eigenvalue weighted by atomic mass is 32.1. The molecular weight excluding hydrogens is 464 g/mol. The number of ether oxygens (including phenoxy) is 2. The van der Waals surface area contributed by atoms with E-state index in [0.29, 0.717) is 42.6 Å². The Balaban J connectivity index is 2.09. The van der Waals surface area contributed by atoms with Gasteiger partial charge in [0.25, 0.3) is 0 Å². The van der Waals surface area contributed by atoms with Crippen LogP contribution in [0.3, 0.4) is 0 Å². The minimum absolute atomic E-state index is 0.0477. The standard InChI is InChI=1S/C27H42N2O5S/c1-8-20(25(31)28-13-14-34-18(3)16-28)29(24(30)19-11-9-17(2)10-12-19)21-15-22(27(4,5)6)35-23(21)26(32)33-7/h15,17-20H,8-14,16H2,1-7H3/t17?,18?,19?,20-/m0/s1. The Labute approximate surface area is 214 Å². The van der Waals surface area contributed by atoms with E-state index in [0.717, 1.165) is 30.6 Å². The van der Waals surface area contributed by atoms with Gasteiger partial charge in [-0.05, 0) is 56.4 Å². The van der Waals surface area contributed by atoms with E-state index < -0.39 is 12.0 Å². The zero-order valence-corrected chi connectivity index (χ0v) is 23.2. The van der Waals surface area contributed by atoms with Gasteiger partial charge in [0.2, 0.25) is 11.8 Å². The van der Waals surface area contributed by atoms with Crippen LogP contribution in [0.1, 0.15) is 88.2 Å². The molecule has 2 heterocycles. The number of amides is 2. The van der Waals surface area contributed by atoms with E-state index in [-0.39, 0.29) is 29.3 Å². The zero-order chi connectivity index (χ0) is 25.9. The van der Waals surface area contributed by atoms with E-state index in [1.54, 1.807) is 9.80 Å². The van der Waals surface area contributed by atoms with E-state index in [1.807, 2.05) is 19.9 Å². The number of hydrogen-bond donors (Lipinski definition) is 0. The molecule has 2 aliphatic rings. The van der Waals surface area contributed by atoms with Crippen molar-refractivity contribution < 1.29 is 23.9 Å². The Morgan fingerprint density at radius 2 is 1.86 bits per heavy atom. The third kappa shape index (κ3) is 6.26. The van der Waals surface area contributed by atoms with Gasteiger partial charge in [0, 0.05) is 23.9 Å². The molecule has 2 amide bonds. The molecule has 0 N–H and O–H groups in total. The largest absolute Gasteiger partial charge is 0.465 e. The number of rotatable bonds is 6. The first-order valence-electron chi connectivity index (χ1n) is 12.9. The van der Waals surface area contributed by atoms with Crippen molar-refractivity contribution in [3.8, 4) is 0 Å². The van der Waals surface area contributed by atoms with E-state index in [9.17, 15) is 14.4 Å². The van der Waals surface area contributed by atoms with Crippen LogP contribution in [0.4, 0.5) is 5.69 Å². The maximum atomic E-state index is 14.2. The van der Waals surface area contributed by atoms with Crippen LogP contribution in [-0.2, 0) is 24.5 Å². The second kappa shape index (κ2) is 11.4. The van der Waals surface area contributed by atoms with Crippen LogP contribution in [0.5, 0.6) is 0 Å². The third-order valence-corrected chi connectivity index (χ3v) is 8.75. The molecule has 1 aliphatic heterocycles. The summed E-state index contributed by atoms with van der Waals surface area (Å²) in [6.07, 6.45) is 4.01. The fourth-order valence-corrected chi connectivity index (χ4v) is 6.13. The van der Waals surface area contributed by atoms with Gasteiger partial charge >= 0.3 is 5.97 Å². The summed E-state index contributed by atoms with van der Waals surface area (Å²) in [5.41, 5.74) is 0.295. The molecule has 0 radical (unpaired) electrons. The van der Waals surface area contributed by atoms with Crippen LogP contribution in [-0.4, -0.2) is 61.6 Å². The van der Waals surface area contributed by atoms with Crippen LogP contribution >= 0.6 is 11.3 Å². The topological polar surface area (TPSA) is 76.2 Å². The number of carbonyl (C=O) groups excluding carboxylic acids is 3. The zero-order valence-electron chi connectivity index (χ0n) is 22.4. The second-order valence-corrected chi connectivity index (χ2v) is 12.2. The van der Waals surface area contributed by atoms with Gasteiger partial charge in [-0.2, -0.15) is 0 Å². The summed E-state index contributed by atoms with van der Waals surface area (Å²) in [4.78, 5) is 45.7. The molecule has 3 rings (SSSR count).